The highest BCUT2D eigenvalue weighted by molar-refractivity contribution is 6.21. The van der Waals surface area contributed by atoms with E-state index in [0.717, 1.165) is 33.3 Å². The van der Waals surface area contributed by atoms with Gasteiger partial charge in [0.05, 0.1) is 46.2 Å². The summed E-state index contributed by atoms with van der Waals surface area (Å²) in [6.07, 6.45) is 20.4. The molecule has 6 amide bonds. The predicted octanol–water partition coefficient (Wildman–Crippen LogP) is 7.16. The molecule has 7 aromatic heterocycles. The molecule has 2 aliphatic rings. The molecule has 0 unspecified atom stereocenters. The van der Waals surface area contributed by atoms with Crippen molar-refractivity contribution in [1.82, 2.24) is 87.5 Å². The Morgan fingerprint density at radius 3 is 1.38 bits per heavy atom. The molecular formula is C62H85N19O6. The van der Waals surface area contributed by atoms with Gasteiger partial charge in [-0.25, -0.2) is 19.9 Å². The molecule has 0 bridgehead atoms. The SMILES string of the molecule is CC(=O)N(C)C.CC(=O)N(C)c1ccccc1.CN1C(=O)CCC1=O.CN1C(=O)c2ccccc2C1=O.Cc1cc(C)n(C)n1.Cc1ccn(C)n1.Cc1nccn1C.Cn1cccn1.Cn1ccnc1.Cn1cnc2ccccc21.Cn1cncn1. The van der Waals surface area contributed by atoms with Gasteiger partial charge in [0.15, 0.2) is 0 Å². The molecule has 464 valence electrons. The van der Waals surface area contributed by atoms with Crippen LogP contribution in [0, 0.1) is 27.7 Å². The van der Waals surface area contributed by atoms with E-state index in [1.54, 1.807) is 103 Å². The molecule has 0 spiro atoms. The fourth-order valence-electron chi connectivity index (χ4n) is 6.56. The van der Waals surface area contributed by atoms with Crippen LogP contribution in [0.3, 0.4) is 0 Å². The lowest BCUT2D eigenvalue weighted by Crippen LogP contribution is -2.24. The predicted molar refractivity (Wildman–Crippen MR) is 336 cm³/mol. The zero-order valence-electron chi connectivity index (χ0n) is 53.4. The molecule has 10 aromatic rings. The zero-order valence-corrected chi connectivity index (χ0v) is 53.4. The first-order chi connectivity index (χ1) is 41.1. The van der Waals surface area contributed by atoms with E-state index in [2.05, 4.69) is 52.5 Å². The maximum atomic E-state index is 11.3. The minimum Gasteiger partial charge on any atom is -0.349 e. The van der Waals surface area contributed by atoms with Crippen molar-refractivity contribution in [2.45, 2.75) is 54.4 Å². The lowest BCUT2D eigenvalue weighted by molar-refractivity contribution is -0.136. The Labute approximate surface area is 510 Å². The number of imidazole rings is 3. The van der Waals surface area contributed by atoms with Gasteiger partial charge in [-0.1, -0.05) is 42.5 Å². The number of hydrogen-bond acceptors (Lipinski definition) is 14. The Morgan fingerprint density at radius 1 is 0.506 bits per heavy atom. The van der Waals surface area contributed by atoms with E-state index in [-0.39, 0.29) is 35.4 Å². The number of aryl methyl sites for hydroxylation is 11. The molecule has 0 radical (unpaired) electrons. The fraction of sp³-hybridized carbons (Fsp3) is 0.323. The molecule has 12 rings (SSSR count). The van der Waals surface area contributed by atoms with Crippen LogP contribution in [0.4, 0.5) is 5.69 Å². The number of aromatic nitrogens is 15. The summed E-state index contributed by atoms with van der Waals surface area (Å²) in [5.74, 6) is 0.655. The average molecular weight is 1190 g/mol. The van der Waals surface area contributed by atoms with Gasteiger partial charge in [0.25, 0.3) is 11.8 Å². The lowest BCUT2D eigenvalue weighted by Gasteiger charge is -2.13. The van der Waals surface area contributed by atoms with Crippen molar-refractivity contribution in [2.75, 3.05) is 40.1 Å². The van der Waals surface area contributed by atoms with Gasteiger partial charge in [-0.05, 0) is 82.3 Å². The van der Waals surface area contributed by atoms with Gasteiger partial charge in [-0.3, -0.25) is 57.3 Å². The largest absolute Gasteiger partial charge is 0.349 e. The van der Waals surface area contributed by atoms with Gasteiger partial charge in [0, 0.05) is 166 Å². The number of carbonyl (C=O) groups excluding carboxylic acids is 6. The number of amides is 6. The first-order valence-corrected chi connectivity index (χ1v) is 27.2. The van der Waals surface area contributed by atoms with Gasteiger partial charge < -0.3 is 23.5 Å². The van der Waals surface area contributed by atoms with Crippen molar-refractivity contribution >= 4 is 52.2 Å². The van der Waals surface area contributed by atoms with E-state index in [4.69, 9.17) is 0 Å². The number of likely N-dealkylation sites (tertiary alicyclic amines) is 1. The Morgan fingerprint density at radius 2 is 1.09 bits per heavy atom. The fourth-order valence-corrected chi connectivity index (χ4v) is 6.56. The Hall–Kier alpha value is -10.5. The van der Waals surface area contributed by atoms with Crippen molar-refractivity contribution < 1.29 is 28.8 Å². The van der Waals surface area contributed by atoms with E-state index in [1.165, 1.54) is 48.4 Å². The van der Waals surface area contributed by atoms with Crippen molar-refractivity contribution in [3.8, 4) is 0 Å². The van der Waals surface area contributed by atoms with E-state index in [1.807, 2.05) is 187 Å². The molecule has 2 aliphatic heterocycles. The monoisotopic (exact) mass is 1190 g/mol. The number of para-hydroxylation sites is 3. The highest BCUT2D eigenvalue weighted by Crippen LogP contribution is 2.20. The van der Waals surface area contributed by atoms with Gasteiger partial charge >= 0.3 is 0 Å². The summed E-state index contributed by atoms with van der Waals surface area (Å²) in [6.45, 7) is 11.1. The quantitative estimate of drug-likeness (QED) is 0.148. The van der Waals surface area contributed by atoms with E-state index in [0.29, 0.717) is 24.0 Å². The standard InChI is InChI=1S/C9H7NO2.C9H11NO.C8H8N2.C6H10N2.2C5H8N2.C5H7NO2.2C4H6N2.C4H9NO.C3H5N3/c1-10-8(11)6-4-2-3-5-7(6)9(10)12;1-8(11)10(2)9-6-4-3-5-7-9;1-10-6-9-7-4-2-3-5-8(7)10;1-5-4-6(2)8(3)7-5;1-5-6-3-4-7(5)2;1-5-3-4-7(2)6-5;1-6-4(7)2-3-5(6)8;1-6-3-2-5-4-6;1-6-4-2-3-5-6;1-4(6)5(2)3;1-6-3-4-2-5-6/h2-5H,1H3;3-7H,1-2H3;2-6H,1H3;4H,1-3H3;2*3-4H,1-2H3;2-3H2,1H3;2*2-4H,1H3;1-3H3;2-3H,1H3. The number of hydrogen-bond donors (Lipinski definition) is 0. The molecule has 25 heteroatoms. The third-order valence-electron chi connectivity index (χ3n) is 12.1. The Bertz CT molecular complexity index is 3400. The summed E-state index contributed by atoms with van der Waals surface area (Å²) < 4.78 is 12.9. The van der Waals surface area contributed by atoms with Gasteiger partial charge in [-0.15, -0.1) is 0 Å². The number of fused-ring (bicyclic) bond motifs is 2. The topological polar surface area (TPSA) is 253 Å². The van der Waals surface area contributed by atoms with Gasteiger partial charge in [0.1, 0.15) is 18.5 Å². The molecule has 0 saturated carbocycles. The van der Waals surface area contributed by atoms with Crippen LogP contribution in [0.25, 0.3) is 11.0 Å². The maximum Gasteiger partial charge on any atom is 0.261 e. The van der Waals surface area contributed by atoms with Crippen molar-refractivity contribution in [3.05, 3.63) is 200 Å². The first-order valence-electron chi connectivity index (χ1n) is 27.2. The van der Waals surface area contributed by atoms with Crippen molar-refractivity contribution in [2.24, 2.45) is 49.3 Å². The van der Waals surface area contributed by atoms with Gasteiger partial charge in [-0.2, -0.15) is 20.4 Å². The smallest absolute Gasteiger partial charge is 0.261 e. The van der Waals surface area contributed by atoms with Crippen LogP contribution in [0.1, 0.15) is 70.3 Å². The number of carbonyl (C=O) groups is 6. The molecule has 87 heavy (non-hydrogen) atoms. The summed E-state index contributed by atoms with van der Waals surface area (Å²) in [5, 5.41) is 15.7. The number of benzene rings is 3. The number of rotatable bonds is 1. The third kappa shape index (κ3) is 27.7. The highest BCUT2D eigenvalue weighted by Gasteiger charge is 2.31. The molecule has 1 fully saturated rings. The number of nitrogens with zero attached hydrogens (tertiary/aromatic N) is 19. The van der Waals surface area contributed by atoms with Crippen LogP contribution in [-0.2, 0) is 68.5 Å². The molecular weight excluding hydrogens is 1110 g/mol. The maximum absolute atomic E-state index is 11.3. The summed E-state index contributed by atoms with van der Waals surface area (Å²) in [4.78, 5) is 85.6. The highest BCUT2D eigenvalue weighted by atomic mass is 16.2. The van der Waals surface area contributed by atoms with Crippen molar-refractivity contribution in [1.29, 1.82) is 0 Å². The summed E-state index contributed by atoms with van der Waals surface area (Å²) >= 11 is 0. The zero-order chi connectivity index (χ0) is 65.2. The minimum atomic E-state index is -0.212. The first kappa shape index (κ1) is 72.6. The van der Waals surface area contributed by atoms with Crippen LogP contribution in [0.15, 0.2) is 166 Å². The molecule has 0 atom stereocenters. The van der Waals surface area contributed by atoms with Crippen molar-refractivity contribution in [3.63, 3.8) is 0 Å². The van der Waals surface area contributed by atoms with Crippen LogP contribution in [-0.4, -0.2) is 158 Å². The van der Waals surface area contributed by atoms with E-state index >= 15 is 0 Å². The van der Waals surface area contributed by atoms with Crippen LogP contribution in [0.2, 0.25) is 0 Å². The number of imide groups is 2. The normalized spacial score (nSPS) is 11.1. The van der Waals surface area contributed by atoms with Crippen LogP contribution < -0.4 is 4.90 Å². The Kier molecular flexibility index (Phi) is 32.1. The van der Waals surface area contributed by atoms with Gasteiger partial charge in [0.2, 0.25) is 23.6 Å². The van der Waals surface area contributed by atoms with Crippen LogP contribution >= 0.6 is 0 Å². The average Bonchev–Trinajstić information content (AvgIpc) is 3.95. The Balaban J connectivity index is 0.000000329. The molecule has 0 N–H and O–H groups in total. The molecule has 3 aromatic carbocycles. The molecule has 0 aliphatic carbocycles. The van der Waals surface area contributed by atoms with E-state index < -0.39 is 0 Å². The third-order valence-corrected chi connectivity index (χ3v) is 12.1. The van der Waals surface area contributed by atoms with E-state index in [9.17, 15) is 28.8 Å². The molecule has 9 heterocycles. The second-order valence-corrected chi connectivity index (χ2v) is 19.5. The number of anilines is 1. The molecule has 1 saturated heterocycles. The lowest BCUT2D eigenvalue weighted by atomic mass is 10.1. The molecule has 25 nitrogen and oxygen atoms in total. The second-order valence-electron chi connectivity index (χ2n) is 19.5. The summed E-state index contributed by atoms with van der Waals surface area (Å²) in [6, 6.07) is 30.4. The second kappa shape index (κ2) is 38.4. The summed E-state index contributed by atoms with van der Waals surface area (Å²) in [5.41, 5.74) is 7.55. The minimum absolute atomic E-state index is 0.0520. The van der Waals surface area contributed by atoms with Crippen LogP contribution in [0.5, 0.6) is 0 Å². The summed E-state index contributed by atoms with van der Waals surface area (Å²) in [7, 11) is 21.7.